The molecule has 3 aromatic carbocycles. The molecule has 4 rings (SSSR count). The second kappa shape index (κ2) is 8.79. The summed E-state index contributed by atoms with van der Waals surface area (Å²) in [5, 5.41) is 9.54. The maximum atomic E-state index is 13.1. The Hall–Kier alpha value is -4.00. The van der Waals surface area contributed by atoms with Crippen molar-refractivity contribution < 1.29 is 4.39 Å². The number of hydrogen-bond donors (Lipinski definition) is 3. The number of anilines is 5. The molecule has 1 heterocycles. The molecule has 0 spiro atoms. The highest BCUT2D eigenvalue weighted by Gasteiger charge is 2.08. The van der Waals surface area contributed by atoms with Crippen molar-refractivity contribution in [1.82, 2.24) is 15.0 Å². The number of nitrogens with one attached hydrogen (secondary N) is 3. The summed E-state index contributed by atoms with van der Waals surface area (Å²) in [4.78, 5) is 13.3. The number of halogens is 1. The van der Waals surface area contributed by atoms with E-state index in [4.69, 9.17) is 0 Å². The highest BCUT2D eigenvalue weighted by molar-refractivity contribution is 5.59. The lowest BCUT2D eigenvalue weighted by Gasteiger charge is -2.11. The predicted octanol–water partition coefficient (Wildman–Crippen LogP) is 5.11. The molecule has 6 nitrogen and oxygen atoms in total. The minimum Gasteiger partial charge on any atom is -0.350 e. The van der Waals surface area contributed by atoms with Crippen LogP contribution < -0.4 is 16.0 Å². The van der Waals surface area contributed by atoms with Crippen LogP contribution in [0.1, 0.15) is 5.56 Å². The van der Waals surface area contributed by atoms with Gasteiger partial charge in [-0.25, -0.2) is 4.39 Å². The van der Waals surface area contributed by atoms with Gasteiger partial charge in [-0.05, 0) is 42.0 Å². The Morgan fingerprint density at radius 2 is 1.07 bits per heavy atom. The van der Waals surface area contributed by atoms with Crippen LogP contribution in [-0.2, 0) is 6.54 Å². The molecule has 0 atom stereocenters. The summed E-state index contributed by atoms with van der Waals surface area (Å²) in [5.74, 6) is 0.955. The van der Waals surface area contributed by atoms with Gasteiger partial charge in [-0.15, -0.1) is 0 Å². The van der Waals surface area contributed by atoms with Crippen LogP contribution >= 0.6 is 0 Å². The standard InChI is InChI=1S/C22H19FN6/c23-17-13-11-16(12-14-17)15-24-20-27-21(25-18-7-3-1-4-8-18)29-22(28-20)26-19-9-5-2-6-10-19/h1-14H,15H2,(H3,24,25,26,27,28,29). The van der Waals surface area contributed by atoms with E-state index in [2.05, 4.69) is 30.9 Å². The Balaban J connectivity index is 1.57. The van der Waals surface area contributed by atoms with Crippen molar-refractivity contribution in [2.75, 3.05) is 16.0 Å². The lowest BCUT2D eigenvalue weighted by Crippen LogP contribution is -2.09. The highest BCUT2D eigenvalue weighted by atomic mass is 19.1. The maximum absolute atomic E-state index is 13.1. The molecule has 0 radical (unpaired) electrons. The van der Waals surface area contributed by atoms with Crippen LogP contribution in [0.3, 0.4) is 0 Å². The van der Waals surface area contributed by atoms with Crippen LogP contribution in [-0.4, -0.2) is 15.0 Å². The second-order valence-corrected chi connectivity index (χ2v) is 6.27. The average molecular weight is 386 g/mol. The van der Waals surface area contributed by atoms with Crippen molar-refractivity contribution in [2.45, 2.75) is 6.54 Å². The van der Waals surface area contributed by atoms with Gasteiger partial charge in [-0.1, -0.05) is 48.5 Å². The zero-order valence-corrected chi connectivity index (χ0v) is 15.5. The smallest absolute Gasteiger partial charge is 0.233 e. The first-order valence-corrected chi connectivity index (χ1v) is 9.13. The fourth-order valence-corrected chi connectivity index (χ4v) is 2.65. The molecule has 0 saturated carbocycles. The van der Waals surface area contributed by atoms with Crippen LogP contribution in [0.5, 0.6) is 0 Å². The van der Waals surface area contributed by atoms with Gasteiger partial charge in [-0.2, -0.15) is 15.0 Å². The normalized spacial score (nSPS) is 10.4. The Kier molecular flexibility index (Phi) is 5.57. The minimum absolute atomic E-state index is 0.266. The van der Waals surface area contributed by atoms with Crippen molar-refractivity contribution >= 4 is 29.2 Å². The molecular formula is C22H19FN6. The zero-order valence-electron chi connectivity index (χ0n) is 15.5. The predicted molar refractivity (Wildman–Crippen MR) is 113 cm³/mol. The van der Waals surface area contributed by atoms with Crippen molar-refractivity contribution in [3.05, 3.63) is 96.3 Å². The summed E-state index contributed by atoms with van der Waals surface area (Å²) in [7, 11) is 0. The third kappa shape index (κ3) is 5.26. The van der Waals surface area contributed by atoms with Crippen molar-refractivity contribution in [3.63, 3.8) is 0 Å². The molecule has 3 N–H and O–H groups in total. The average Bonchev–Trinajstić information content (AvgIpc) is 2.75. The van der Waals surface area contributed by atoms with Gasteiger partial charge in [0, 0.05) is 17.9 Å². The largest absolute Gasteiger partial charge is 0.350 e. The number of para-hydroxylation sites is 2. The van der Waals surface area contributed by atoms with E-state index in [0.717, 1.165) is 16.9 Å². The fourth-order valence-electron chi connectivity index (χ4n) is 2.65. The van der Waals surface area contributed by atoms with Gasteiger partial charge in [0.15, 0.2) is 0 Å². The van der Waals surface area contributed by atoms with Gasteiger partial charge in [0.2, 0.25) is 17.8 Å². The number of benzene rings is 3. The Bertz CT molecular complexity index is 996. The van der Waals surface area contributed by atoms with Crippen LogP contribution in [0, 0.1) is 5.82 Å². The molecule has 1 aromatic heterocycles. The van der Waals surface area contributed by atoms with E-state index >= 15 is 0 Å². The lowest BCUT2D eigenvalue weighted by molar-refractivity contribution is 0.627. The summed E-state index contributed by atoms with van der Waals surface area (Å²) in [6, 6.07) is 25.6. The first-order valence-electron chi connectivity index (χ1n) is 9.13. The van der Waals surface area contributed by atoms with Gasteiger partial charge in [-0.3, -0.25) is 0 Å². The Labute approximate surface area is 167 Å². The molecule has 29 heavy (non-hydrogen) atoms. The maximum Gasteiger partial charge on any atom is 0.233 e. The molecule has 0 fully saturated rings. The number of hydrogen-bond acceptors (Lipinski definition) is 6. The number of nitrogens with zero attached hydrogens (tertiary/aromatic N) is 3. The molecule has 0 amide bonds. The lowest BCUT2D eigenvalue weighted by atomic mass is 10.2. The summed E-state index contributed by atoms with van der Waals surface area (Å²) in [6.07, 6.45) is 0. The van der Waals surface area contributed by atoms with E-state index < -0.39 is 0 Å². The van der Waals surface area contributed by atoms with Gasteiger partial charge < -0.3 is 16.0 Å². The first-order chi connectivity index (χ1) is 14.2. The van der Waals surface area contributed by atoms with E-state index in [1.807, 2.05) is 60.7 Å². The van der Waals surface area contributed by atoms with E-state index in [1.54, 1.807) is 12.1 Å². The van der Waals surface area contributed by atoms with Crippen molar-refractivity contribution in [1.29, 1.82) is 0 Å². The van der Waals surface area contributed by atoms with Crippen LogP contribution in [0.25, 0.3) is 0 Å². The highest BCUT2D eigenvalue weighted by Crippen LogP contribution is 2.18. The monoisotopic (exact) mass is 386 g/mol. The van der Waals surface area contributed by atoms with Crippen LogP contribution in [0.4, 0.5) is 33.6 Å². The first kappa shape index (κ1) is 18.4. The third-order valence-electron chi connectivity index (χ3n) is 4.06. The quantitative estimate of drug-likeness (QED) is 0.410. The molecule has 0 aliphatic carbocycles. The minimum atomic E-state index is -0.266. The van der Waals surface area contributed by atoms with Gasteiger partial charge in [0.1, 0.15) is 5.82 Å². The molecule has 0 saturated heterocycles. The van der Waals surface area contributed by atoms with Crippen molar-refractivity contribution in [2.24, 2.45) is 0 Å². The molecule has 0 bridgehead atoms. The SMILES string of the molecule is Fc1ccc(CNc2nc(Nc3ccccc3)nc(Nc3ccccc3)n2)cc1. The summed E-state index contributed by atoms with van der Waals surface area (Å²) in [6.45, 7) is 0.458. The van der Waals surface area contributed by atoms with Crippen LogP contribution in [0.2, 0.25) is 0 Å². The Morgan fingerprint density at radius 3 is 1.59 bits per heavy atom. The zero-order chi connectivity index (χ0) is 19.9. The van der Waals surface area contributed by atoms with Crippen LogP contribution in [0.15, 0.2) is 84.9 Å². The van der Waals surface area contributed by atoms with E-state index in [1.165, 1.54) is 12.1 Å². The molecular weight excluding hydrogens is 367 g/mol. The number of rotatable bonds is 7. The molecule has 0 aliphatic rings. The second-order valence-electron chi connectivity index (χ2n) is 6.27. The molecule has 0 aliphatic heterocycles. The molecule has 144 valence electrons. The fraction of sp³-hybridized carbons (Fsp3) is 0.0455. The van der Waals surface area contributed by atoms with E-state index in [-0.39, 0.29) is 5.82 Å². The third-order valence-corrected chi connectivity index (χ3v) is 4.06. The molecule has 0 unspecified atom stereocenters. The van der Waals surface area contributed by atoms with Gasteiger partial charge in [0.05, 0.1) is 0 Å². The van der Waals surface area contributed by atoms with Gasteiger partial charge in [0.25, 0.3) is 0 Å². The summed E-state index contributed by atoms with van der Waals surface area (Å²) in [5.41, 5.74) is 2.66. The summed E-state index contributed by atoms with van der Waals surface area (Å²) < 4.78 is 13.1. The van der Waals surface area contributed by atoms with E-state index in [9.17, 15) is 4.39 Å². The Morgan fingerprint density at radius 1 is 0.586 bits per heavy atom. The van der Waals surface area contributed by atoms with Crippen molar-refractivity contribution in [3.8, 4) is 0 Å². The molecule has 7 heteroatoms. The van der Waals surface area contributed by atoms with E-state index in [0.29, 0.717) is 24.4 Å². The summed E-state index contributed by atoms with van der Waals surface area (Å²) >= 11 is 0. The van der Waals surface area contributed by atoms with Gasteiger partial charge >= 0.3 is 0 Å². The topological polar surface area (TPSA) is 74.8 Å². The number of aromatic nitrogens is 3. The molecule has 4 aromatic rings.